The number of cyclic esters (lactones) is 1. The molecule has 3 heterocycles. The predicted molar refractivity (Wildman–Crippen MR) is 113 cm³/mol. The molecule has 29 heavy (non-hydrogen) atoms. The van der Waals surface area contributed by atoms with Crippen molar-refractivity contribution >= 4 is 11.9 Å². The van der Waals surface area contributed by atoms with E-state index in [1.807, 2.05) is 18.7 Å². The van der Waals surface area contributed by atoms with E-state index in [-0.39, 0.29) is 23.7 Å². The van der Waals surface area contributed by atoms with Crippen molar-refractivity contribution in [3.63, 3.8) is 0 Å². The lowest BCUT2D eigenvalue weighted by atomic mass is 9.80. The molecular weight excluding hydrogens is 364 g/mol. The number of nitrogens with one attached hydrogen (secondary N) is 1. The van der Waals surface area contributed by atoms with Gasteiger partial charge in [0.1, 0.15) is 5.60 Å². The first-order valence-corrected chi connectivity index (χ1v) is 11.0. The zero-order valence-corrected chi connectivity index (χ0v) is 18.4. The van der Waals surface area contributed by atoms with Gasteiger partial charge >= 0.3 is 5.97 Å². The fourth-order valence-corrected chi connectivity index (χ4v) is 5.00. The fourth-order valence-electron chi connectivity index (χ4n) is 5.00. The van der Waals surface area contributed by atoms with Crippen molar-refractivity contribution in [2.45, 2.75) is 83.9 Å². The Morgan fingerprint density at radius 2 is 2.03 bits per heavy atom. The van der Waals surface area contributed by atoms with Gasteiger partial charge in [-0.15, -0.1) is 0 Å². The number of carbonyl (C=O) groups excluding carboxylic acids is 2. The number of ether oxygens (including phenoxy) is 1. The second kappa shape index (κ2) is 7.12. The molecule has 0 radical (unpaired) electrons. The number of fused-ring (bicyclic) bond motifs is 1. The monoisotopic (exact) mass is 398 g/mol. The third-order valence-electron chi connectivity index (χ3n) is 6.88. The van der Waals surface area contributed by atoms with E-state index in [1.54, 1.807) is 0 Å². The minimum Gasteiger partial charge on any atom is -0.459 e. The molecule has 5 heteroatoms. The molecule has 1 aromatic rings. The molecule has 0 aliphatic carbocycles. The lowest BCUT2D eigenvalue weighted by molar-refractivity contribution is -0.149. The summed E-state index contributed by atoms with van der Waals surface area (Å²) in [7, 11) is 0. The van der Waals surface area contributed by atoms with E-state index in [2.05, 4.69) is 38.2 Å². The van der Waals surface area contributed by atoms with Crippen LogP contribution in [0.5, 0.6) is 0 Å². The summed E-state index contributed by atoms with van der Waals surface area (Å²) in [6.07, 6.45) is 3.39. The van der Waals surface area contributed by atoms with Crippen molar-refractivity contribution in [1.29, 1.82) is 0 Å². The third-order valence-corrected chi connectivity index (χ3v) is 6.88. The summed E-state index contributed by atoms with van der Waals surface area (Å²) < 4.78 is 5.40. The Kier molecular flexibility index (Phi) is 5.01. The van der Waals surface area contributed by atoms with Crippen LogP contribution < -0.4 is 5.32 Å². The Bertz CT molecular complexity index is 831. The molecule has 4 rings (SSSR count). The van der Waals surface area contributed by atoms with E-state index in [4.69, 9.17) is 4.74 Å². The van der Waals surface area contributed by atoms with Crippen LogP contribution in [0.3, 0.4) is 0 Å². The lowest BCUT2D eigenvalue weighted by Gasteiger charge is -2.36. The van der Waals surface area contributed by atoms with Crippen LogP contribution >= 0.6 is 0 Å². The van der Waals surface area contributed by atoms with Gasteiger partial charge in [-0.1, -0.05) is 32.9 Å². The molecule has 1 N–H and O–H groups in total. The summed E-state index contributed by atoms with van der Waals surface area (Å²) in [5, 5.41) is 3.65. The summed E-state index contributed by atoms with van der Waals surface area (Å²) in [5.74, 6) is -0.605. The molecule has 0 saturated carbocycles. The predicted octanol–water partition coefficient (Wildman–Crippen LogP) is 3.64. The van der Waals surface area contributed by atoms with Gasteiger partial charge < -0.3 is 15.0 Å². The highest BCUT2D eigenvalue weighted by Crippen LogP contribution is 2.38. The van der Waals surface area contributed by atoms with Crippen LogP contribution in [-0.2, 0) is 32.7 Å². The first kappa shape index (κ1) is 20.4. The Labute approximate surface area is 174 Å². The topological polar surface area (TPSA) is 58.6 Å². The largest absolute Gasteiger partial charge is 0.459 e. The highest BCUT2D eigenvalue weighted by Gasteiger charge is 2.48. The van der Waals surface area contributed by atoms with E-state index in [1.165, 1.54) is 28.7 Å². The Balaban J connectivity index is 1.66. The van der Waals surface area contributed by atoms with Crippen molar-refractivity contribution in [2.24, 2.45) is 5.92 Å². The highest BCUT2D eigenvalue weighted by molar-refractivity contribution is 5.88. The van der Waals surface area contributed by atoms with Gasteiger partial charge in [0.05, 0.1) is 12.3 Å². The normalized spacial score (nSPS) is 26.4. The first-order valence-electron chi connectivity index (χ1n) is 11.0. The first-order chi connectivity index (χ1) is 13.6. The Morgan fingerprint density at radius 3 is 2.62 bits per heavy atom. The Morgan fingerprint density at radius 1 is 1.28 bits per heavy atom. The van der Waals surface area contributed by atoms with Gasteiger partial charge in [-0.05, 0) is 67.3 Å². The minimum absolute atomic E-state index is 0.0525. The quantitative estimate of drug-likeness (QED) is 0.773. The molecule has 1 aromatic carbocycles. The van der Waals surface area contributed by atoms with Crippen molar-refractivity contribution in [1.82, 2.24) is 10.2 Å². The van der Waals surface area contributed by atoms with Crippen LogP contribution in [0, 0.1) is 5.92 Å². The third kappa shape index (κ3) is 3.81. The lowest BCUT2D eigenvalue weighted by Crippen LogP contribution is -2.45. The molecule has 2 fully saturated rings. The van der Waals surface area contributed by atoms with E-state index < -0.39 is 11.5 Å². The van der Waals surface area contributed by atoms with Gasteiger partial charge in [-0.3, -0.25) is 9.59 Å². The molecule has 5 nitrogen and oxygen atoms in total. The molecular formula is C24H34N2O3. The van der Waals surface area contributed by atoms with Gasteiger partial charge in [-0.25, -0.2) is 0 Å². The molecule has 3 aliphatic rings. The van der Waals surface area contributed by atoms with Crippen LogP contribution in [-0.4, -0.2) is 35.5 Å². The Hall–Kier alpha value is -1.88. The number of benzene rings is 1. The summed E-state index contributed by atoms with van der Waals surface area (Å²) in [4.78, 5) is 27.1. The fraction of sp³-hybridized carbons (Fsp3) is 0.667. The number of carbonyl (C=O) groups is 2. The average Bonchev–Trinajstić information content (AvgIpc) is 3.26. The van der Waals surface area contributed by atoms with E-state index in [0.29, 0.717) is 19.1 Å². The van der Waals surface area contributed by atoms with Crippen LogP contribution in [0.1, 0.15) is 82.2 Å². The SMILES string of the molecule is CC(C)(C)c1cc2c(c([C@@H]3CCCN3)c1)CN(C(=O)C1CC(=O)OC1(C)C)CC2. The van der Waals surface area contributed by atoms with Crippen LogP contribution in [0.15, 0.2) is 12.1 Å². The number of rotatable bonds is 2. The summed E-state index contributed by atoms with van der Waals surface area (Å²) in [5.41, 5.74) is 4.79. The van der Waals surface area contributed by atoms with Crippen molar-refractivity contribution in [2.75, 3.05) is 13.1 Å². The van der Waals surface area contributed by atoms with Gasteiger partial charge in [-0.2, -0.15) is 0 Å². The van der Waals surface area contributed by atoms with Crippen LogP contribution in [0.25, 0.3) is 0 Å². The number of hydrogen-bond donors (Lipinski definition) is 1. The summed E-state index contributed by atoms with van der Waals surface area (Å²) in [6.45, 7) is 12.9. The smallest absolute Gasteiger partial charge is 0.307 e. The average molecular weight is 399 g/mol. The zero-order chi connectivity index (χ0) is 21.0. The highest BCUT2D eigenvalue weighted by atomic mass is 16.6. The minimum atomic E-state index is -0.722. The van der Waals surface area contributed by atoms with Crippen molar-refractivity contribution in [3.05, 3.63) is 34.4 Å². The molecule has 0 bridgehead atoms. The molecule has 158 valence electrons. The summed E-state index contributed by atoms with van der Waals surface area (Å²) in [6, 6.07) is 5.08. The number of hydrogen-bond acceptors (Lipinski definition) is 4. The molecule has 2 saturated heterocycles. The molecule has 1 amide bonds. The van der Waals surface area contributed by atoms with Gasteiger partial charge in [0.2, 0.25) is 5.91 Å². The van der Waals surface area contributed by atoms with E-state index in [9.17, 15) is 9.59 Å². The molecule has 1 unspecified atom stereocenters. The van der Waals surface area contributed by atoms with Crippen LogP contribution in [0.4, 0.5) is 0 Å². The van der Waals surface area contributed by atoms with Gasteiger partial charge in [0.25, 0.3) is 0 Å². The standard InChI is InChI=1S/C24H34N2O3/c1-23(2,3)16-11-15-8-10-26(22(28)19-13-21(27)29-24(19,4)5)14-18(15)17(12-16)20-7-6-9-25-20/h11-12,19-20,25H,6-10,13-14H2,1-5H3/t19?,20-/m0/s1. The van der Waals surface area contributed by atoms with Crippen LogP contribution in [0.2, 0.25) is 0 Å². The van der Waals surface area contributed by atoms with Crippen molar-refractivity contribution < 1.29 is 14.3 Å². The number of nitrogens with zero attached hydrogens (tertiary/aromatic N) is 1. The summed E-state index contributed by atoms with van der Waals surface area (Å²) >= 11 is 0. The van der Waals surface area contributed by atoms with Gasteiger partial charge in [0, 0.05) is 19.1 Å². The maximum Gasteiger partial charge on any atom is 0.307 e. The second-order valence-electron chi connectivity index (χ2n) is 10.4. The van der Waals surface area contributed by atoms with E-state index in [0.717, 1.165) is 19.4 Å². The molecule has 0 aromatic heterocycles. The second-order valence-corrected chi connectivity index (χ2v) is 10.4. The van der Waals surface area contributed by atoms with Crippen molar-refractivity contribution in [3.8, 4) is 0 Å². The molecule has 3 aliphatic heterocycles. The maximum atomic E-state index is 13.3. The number of esters is 1. The molecule has 0 spiro atoms. The van der Waals surface area contributed by atoms with E-state index >= 15 is 0 Å². The molecule has 2 atom stereocenters. The maximum absolute atomic E-state index is 13.3. The number of amides is 1. The zero-order valence-electron chi connectivity index (χ0n) is 18.4. The van der Waals surface area contributed by atoms with Gasteiger partial charge in [0.15, 0.2) is 0 Å².